The number of hydrogen-bond donors (Lipinski definition) is 2. The number of nitrogens with zero attached hydrogens (tertiary/aromatic N) is 5. The highest BCUT2D eigenvalue weighted by Crippen LogP contribution is 2.27. The van der Waals surface area contributed by atoms with Crippen molar-refractivity contribution in [3.63, 3.8) is 0 Å². The number of aromatic nitrogens is 5. The minimum atomic E-state index is -0.499. The maximum atomic E-state index is 13.5. The van der Waals surface area contributed by atoms with E-state index in [9.17, 15) is 14.0 Å². The van der Waals surface area contributed by atoms with Crippen LogP contribution in [0.15, 0.2) is 58.0 Å². The molecular weight excluding hydrogens is 550 g/mol. The number of carbonyl (C=O) groups is 2. The van der Waals surface area contributed by atoms with Gasteiger partial charge in [-0.05, 0) is 55.1 Å². The molecule has 2 aromatic heterocycles. The third kappa shape index (κ3) is 7.30. The number of halogens is 1. The summed E-state index contributed by atoms with van der Waals surface area (Å²) in [5.74, 6) is 0.855. The van der Waals surface area contributed by atoms with E-state index >= 15 is 0 Å². The Morgan fingerprint density at radius 1 is 1.05 bits per heavy atom. The fourth-order valence-electron chi connectivity index (χ4n) is 3.24. The molecule has 38 heavy (non-hydrogen) atoms. The minimum absolute atomic E-state index is 0.0327. The maximum absolute atomic E-state index is 13.5. The maximum Gasteiger partial charge on any atom is 0.251 e. The van der Waals surface area contributed by atoms with Crippen molar-refractivity contribution < 1.29 is 18.7 Å². The predicted octanol–water partition coefficient (Wildman–Crippen LogP) is 4.43. The summed E-state index contributed by atoms with van der Waals surface area (Å²) in [6.07, 6.45) is 0. The Labute approximate surface area is 230 Å². The van der Waals surface area contributed by atoms with Gasteiger partial charge in [0.15, 0.2) is 15.3 Å². The van der Waals surface area contributed by atoms with Crippen LogP contribution in [0.1, 0.15) is 30.0 Å². The van der Waals surface area contributed by atoms with Crippen LogP contribution in [0.4, 0.5) is 9.52 Å². The first-order valence-electron chi connectivity index (χ1n) is 11.6. The molecule has 14 heteroatoms. The lowest BCUT2D eigenvalue weighted by Gasteiger charge is -2.12. The van der Waals surface area contributed by atoms with Crippen LogP contribution in [-0.2, 0) is 11.3 Å². The summed E-state index contributed by atoms with van der Waals surface area (Å²) in [4.78, 5) is 25.1. The molecule has 0 fully saturated rings. The van der Waals surface area contributed by atoms with E-state index in [4.69, 9.17) is 4.74 Å². The number of carbonyl (C=O) groups excluding carboxylic acids is 2. The van der Waals surface area contributed by atoms with Crippen LogP contribution in [-0.4, -0.2) is 54.9 Å². The van der Waals surface area contributed by atoms with Crippen molar-refractivity contribution in [2.24, 2.45) is 0 Å². The van der Waals surface area contributed by atoms with E-state index in [1.807, 2.05) is 38.1 Å². The topological polar surface area (TPSA) is 124 Å². The molecule has 0 unspecified atom stereocenters. The summed E-state index contributed by atoms with van der Waals surface area (Å²) in [6, 6.07) is 12.7. The molecule has 0 radical (unpaired) electrons. The number of hydrogen-bond acceptors (Lipinski definition) is 10. The Hall–Kier alpha value is -3.49. The number of nitrogens with one attached hydrogen (secondary N) is 2. The van der Waals surface area contributed by atoms with Crippen molar-refractivity contribution in [3.05, 3.63) is 65.7 Å². The van der Waals surface area contributed by atoms with Crippen molar-refractivity contribution in [2.45, 2.75) is 29.9 Å². The highest BCUT2D eigenvalue weighted by molar-refractivity contribution is 8.01. The van der Waals surface area contributed by atoms with Crippen molar-refractivity contribution in [1.82, 2.24) is 30.3 Å². The molecule has 2 amide bonds. The quantitative estimate of drug-likeness (QED) is 0.187. The van der Waals surface area contributed by atoms with Crippen LogP contribution in [0.2, 0.25) is 0 Å². The second-order valence-corrected chi connectivity index (χ2v) is 10.9. The normalized spacial score (nSPS) is 10.8. The Bertz CT molecular complexity index is 1400. The van der Waals surface area contributed by atoms with Gasteiger partial charge in [-0.15, -0.1) is 20.4 Å². The third-order valence-electron chi connectivity index (χ3n) is 4.85. The molecule has 2 heterocycles. The van der Waals surface area contributed by atoms with Crippen LogP contribution in [0, 0.1) is 5.82 Å². The first kappa shape index (κ1) is 27.5. The summed E-state index contributed by atoms with van der Waals surface area (Å²) in [5.41, 5.74) is 0.919. The molecule has 0 spiro atoms. The molecule has 0 atom stereocenters. The van der Waals surface area contributed by atoms with Crippen LogP contribution in [0.25, 0.3) is 5.69 Å². The zero-order chi connectivity index (χ0) is 26.9. The SMILES string of the molecule is CCOc1ccc(-n2c(CNC(=O)c3cccc(F)c3)nnc2SCC(=O)Nc2nnc(SCC)s2)cc1. The molecule has 0 aliphatic carbocycles. The van der Waals surface area contributed by atoms with Gasteiger partial charge in [-0.2, -0.15) is 0 Å². The van der Waals surface area contributed by atoms with Gasteiger partial charge in [0.05, 0.1) is 18.9 Å². The lowest BCUT2D eigenvalue weighted by atomic mass is 10.2. The molecule has 4 aromatic rings. The van der Waals surface area contributed by atoms with Gasteiger partial charge in [-0.25, -0.2) is 4.39 Å². The smallest absolute Gasteiger partial charge is 0.251 e. The van der Waals surface area contributed by atoms with Gasteiger partial charge in [-0.1, -0.05) is 47.9 Å². The monoisotopic (exact) mass is 573 g/mol. The Morgan fingerprint density at radius 3 is 2.61 bits per heavy atom. The minimum Gasteiger partial charge on any atom is -0.494 e. The molecule has 2 aromatic carbocycles. The molecular formula is C24H24FN7O3S3. The van der Waals surface area contributed by atoms with Gasteiger partial charge >= 0.3 is 0 Å². The molecule has 0 bridgehead atoms. The van der Waals surface area contributed by atoms with E-state index in [0.29, 0.717) is 28.5 Å². The number of rotatable bonds is 12. The summed E-state index contributed by atoms with van der Waals surface area (Å²) < 4.78 is 21.6. The number of anilines is 1. The largest absolute Gasteiger partial charge is 0.494 e. The second-order valence-electron chi connectivity index (χ2n) is 7.50. The van der Waals surface area contributed by atoms with Gasteiger partial charge in [-0.3, -0.25) is 19.5 Å². The molecule has 198 valence electrons. The average molecular weight is 574 g/mol. The summed E-state index contributed by atoms with van der Waals surface area (Å²) in [5, 5.41) is 22.9. The van der Waals surface area contributed by atoms with Crippen LogP contribution in [0.5, 0.6) is 5.75 Å². The van der Waals surface area contributed by atoms with Crippen molar-refractivity contribution in [3.8, 4) is 11.4 Å². The second kappa shape index (κ2) is 13.3. The zero-order valence-electron chi connectivity index (χ0n) is 20.5. The number of ether oxygens (including phenoxy) is 1. The van der Waals surface area contributed by atoms with E-state index in [1.54, 1.807) is 16.3 Å². The summed E-state index contributed by atoms with van der Waals surface area (Å²) >= 11 is 4.06. The predicted molar refractivity (Wildman–Crippen MR) is 146 cm³/mol. The number of amides is 2. The van der Waals surface area contributed by atoms with Gasteiger partial charge in [0, 0.05) is 11.3 Å². The summed E-state index contributed by atoms with van der Waals surface area (Å²) in [6.45, 7) is 4.48. The molecule has 0 aliphatic rings. The standard InChI is InChI=1S/C24H24FN7O3S3/c1-3-35-18-10-8-17(9-11-18)32-19(13-26-21(34)15-6-5-7-16(25)12-15)28-30-23(32)37-14-20(33)27-22-29-31-24(38-22)36-4-2/h5-12H,3-4,13-14H2,1-2H3,(H,26,34)(H,27,29,33). The van der Waals surface area contributed by atoms with Crippen LogP contribution >= 0.6 is 34.9 Å². The average Bonchev–Trinajstić information content (AvgIpc) is 3.53. The Balaban J connectivity index is 1.49. The van der Waals surface area contributed by atoms with Gasteiger partial charge in [0.1, 0.15) is 11.6 Å². The fourth-order valence-corrected chi connectivity index (χ4v) is 5.68. The van der Waals surface area contributed by atoms with E-state index < -0.39 is 11.7 Å². The fraction of sp³-hybridized carbons (Fsp3) is 0.250. The lowest BCUT2D eigenvalue weighted by Crippen LogP contribution is -2.24. The van der Waals surface area contributed by atoms with Gasteiger partial charge < -0.3 is 10.1 Å². The highest BCUT2D eigenvalue weighted by atomic mass is 32.2. The number of thioether (sulfide) groups is 2. The van der Waals surface area contributed by atoms with E-state index in [1.165, 1.54) is 41.3 Å². The van der Waals surface area contributed by atoms with E-state index in [0.717, 1.165) is 21.8 Å². The first-order chi connectivity index (χ1) is 18.5. The van der Waals surface area contributed by atoms with E-state index in [-0.39, 0.29) is 23.8 Å². The highest BCUT2D eigenvalue weighted by Gasteiger charge is 2.18. The lowest BCUT2D eigenvalue weighted by molar-refractivity contribution is -0.113. The van der Waals surface area contributed by atoms with Gasteiger partial charge in [0.25, 0.3) is 5.91 Å². The zero-order valence-corrected chi connectivity index (χ0v) is 23.0. The van der Waals surface area contributed by atoms with Crippen LogP contribution < -0.4 is 15.4 Å². The molecule has 0 saturated heterocycles. The van der Waals surface area contributed by atoms with Crippen LogP contribution in [0.3, 0.4) is 0 Å². The molecule has 2 N–H and O–H groups in total. The molecule has 0 aliphatic heterocycles. The summed E-state index contributed by atoms with van der Waals surface area (Å²) in [7, 11) is 0. The first-order valence-corrected chi connectivity index (χ1v) is 14.4. The van der Waals surface area contributed by atoms with Crippen molar-refractivity contribution in [2.75, 3.05) is 23.4 Å². The third-order valence-corrected chi connectivity index (χ3v) is 7.64. The number of benzene rings is 2. The molecule has 0 saturated carbocycles. The van der Waals surface area contributed by atoms with Crippen molar-refractivity contribution in [1.29, 1.82) is 0 Å². The Morgan fingerprint density at radius 2 is 1.87 bits per heavy atom. The van der Waals surface area contributed by atoms with Gasteiger partial charge in [0.2, 0.25) is 11.0 Å². The molecule has 10 nitrogen and oxygen atoms in total. The van der Waals surface area contributed by atoms with E-state index in [2.05, 4.69) is 31.0 Å². The Kier molecular flexibility index (Phi) is 9.67. The molecule has 4 rings (SSSR count). The van der Waals surface area contributed by atoms with Crippen molar-refractivity contribution >= 4 is 51.8 Å².